The quantitative estimate of drug-likeness (QED) is 0.597. The molecule has 1 aromatic rings. The van der Waals surface area contributed by atoms with Crippen molar-refractivity contribution in [2.45, 2.75) is 26.2 Å². The summed E-state index contributed by atoms with van der Waals surface area (Å²) in [5, 5.41) is 1.10. The van der Waals surface area contributed by atoms with Gasteiger partial charge >= 0.3 is 0 Å². The van der Waals surface area contributed by atoms with Gasteiger partial charge in [-0.15, -0.1) is 0 Å². The second kappa shape index (κ2) is 5.25. The van der Waals surface area contributed by atoms with Gasteiger partial charge in [0.25, 0.3) is 0 Å². The molecule has 0 amide bonds. The Kier molecular flexibility index (Phi) is 3.72. The first-order valence-corrected chi connectivity index (χ1v) is 6.47. The van der Waals surface area contributed by atoms with Crippen LogP contribution in [-0.4, -0.2) is 24.4 Å². The monoisotopic (exact) mass is 236 g/mol. The van der Waals surface area contributed by atoms with E-state index in [0.29, 0.717) is 0 Å². The number of rotatable bonds is 3. The van der Waals surface area contributed by atoms with Crippen LogP contribution in [0.1, 0.15) is 29.8 Å². The van der Waals surface area contributed by atoms with Crippen LogP contribution in [0.4, 0.5) is 5.13 Å². The zero-order chi connectivity index (χ0) is 11.4. The molecular formula is C12H16N2OS. The third kappa shape index (κ3) is 2.50. The summed E-state index contributed by atoms with van der Waals surface area (Å²) in [7, 11) is 0. The standard InChI is InChI=1S/C12H16N2OS/c1-10-11(6-5-9-15)16-12(13-10)14-7-3-2-4-8-14/h5-6,9H,2-4,7-8H2,1H3/b6-5+. The van der Waals surface area contributed by atoms with Gasteiger partial charge in [-0.3, -0.25) is 4.79 Å². The van der Waals surface area contributed by atoms with Gasteiger partial charge < -0.3 is 4.90 Å². The zero-order valence-electron chi connectivity index (χ0n) is 9.48. The Labute approximate surface area is 99.8 Å². The normalized spacial score (nSPS) is 16.9. The highest BCUT2D eigenvalue weighted by atomic mass is 32.1. The number of thiazole rings is 1. The molecule has 4 heteroatoms. The van der Waals surface area contributed by atoms with E-state index in [4.69, 9.17) is 0 Å². The van der Waals surface area contributed by atoms with Gasteiger partial charge in [0.1, 0.15) is 6.29 Å². The second-order valence-corrected chi connectivity index (χ2v) is 5.00. The number of carbonyl (C=O) groups excluding carboxylic acids is 1. The molecule has 2 heterocycles. The van der Waals surface area contributed by atoms with Crippen LogP contribution in [0.5, 0.6) is 0 Å². The number of carbonyl (C=O) groups is 1. The average Bonchev–Trinajstić information content (AvgIpc) is 2.69. The van der Waals surface area contributed by atoms with Crippen molar-refractivity contribution in [1.29, 1.82) is 0 Å². The topological polar surface area (TPSA) is 33.2 Å². The van der Waals surface area contributed by atoms with E-state index in [1.165, 1.54) is 25.3 Å². The molecule has 0 N–H and O–H groups in total. The lowest BCUT2D eigenvalue weighted by Gasteiger charge is -2.25. The van der Waals surface area contributed by atoms with Crippen molar-refractivity contribution < 1.29 is 4.79 Å². The molecule has 1 aliphatic rings. The average molecular weight is 236 g/mol. The number of nitrogens with zero attached hydrogens (tertiary/aromatic N) is 2. The highest BCUT2D eigenvalue weighted by Crippen LogP contribution is 2.28. The van der Waals surface area contributed by atoms with Crippen LogP contribution in [0.3, 0.4) is 0 Å². The molecule has 0 aromatic carbocycles. The molecule has 0 spiro atoms. The predicted molar refractivity (Wildman–Crippen MR) is 68.0 cm³/mol. The highest BCUT2D eigenvalue weighted by Gasteiger charge is 2.15. The van der Waals surface area contributed by atoms with E-state index in [0.717, 1.165) is 35.1 Å². The summed E-state index contributed by atoms with van der Waals surface area (Å²) in [6.07, 6.45) is 8.03. The Hall–Kier alpha value is -1.16. The van der Waals surface area contributed by atoms with Crippen molar-refractivity contribution in [2.75, 3.05) is 18.0 Å². The van der Waals surface area contributed by atoms with Gasteiger partial charge in [-0.25, -0.2) is 4.98 Å². The van der Waals surface area contributed by atoms with Crippen molar-refractivity contribution in [3.05, 3.63) is 16.6 Å². The van der Waals surface area contributed by atoms with Gasteiger partial charge in [-0.1, -0.05) is 11.3 Å². The molecule has 0 bridgehead atoms. The number of hydrogen-bond donors (Lipinski definition) is 0. The third-order valence-electron chi connectivity index (χ3n) is 2.77. The molecule has 0 aliphatic carbocycles. The number of aldehydes is 1. The molecule has 1 aromatic heterocycles. The molecule has 0 unspecified atom stereocenters. The van der Waals surface area contributed by atoms with Gasteiger partial charge in [0.05, 0.1) is 10.6 Å². The van der Waals surface area contributed by atoms with Crippen LogP contribution in [0, 0.1) is 6.92 Å². The molecule has 1 aliphatic heterocycles. The number of aromatic nitrogens is 1. The van der Waals surface area contributed by atoms with Crippen LogP contribution < -0.4 is 4.90 Å². The minimum atomic E-state index is 0.805. The first kappa shape index (κ1) is 11.3. The minimum absolute atomic E-state index is 0.805. The van der Waals surface area contributed by atoms with Crippen molar-refractivity contribution in [1.82, 2.24) is 4.98 Å². The Bertz CT molecular complexity index is 392. The summed E-state index contributed by atoms with van der Waals surface area (Å²) < 4.78 is 0. The molecular weight excluding hydrogens is 220 g/mol. The first-order chi connectivity index (χ1) is 7.81. The van der Waals surface area contributed by atoms with Crippen LogP contribution in [0.15, 0.2) is 6.08 Å². The van der Waals surface area contributed by atoms with Gasteiger partial charge in [0.2, 0.25) is 0 Å². The number of hydrogen-bond acceptors (Lipinski definition) is 4. The summed E-state index contributed by atoms with van der Waals surface area (Å²) in [6, 6.07) is 0. The van der Waals surface area contributed by atoms with E-state index in [-0.39, 0.29) is 0 Å². The summed E-state index contributed by atoms with van der Waals surface area (Å²) in [5.74, 6) is 0. The molecule has 86 valence electrons. The minimum Gasteiger partial charge on any atom is -0.348 e. The van der Waals surface area contributed by atoms with E-state index in [1.807, 2.05) is 13.0 Å². The van der Waals surface area contributed by atoms with E-state index in [2.05, 4.69) is 9.88 Å². The fourth-order valence-corrected chi connectivity index (χ4v) is 2.93. The Morgan fingerprint density at radius 1 is 1.31 bits per heavy atom. The summed E-state index contributed by atoms with van der Waals surface area (Å²) in [4.78, 5) is 18.3. The van der Waals surface area contributed by atoms with Gasteiger partial charge in [0.15, 0.2) is 5.13 Å². The fraction of sp³-hybridized carbons (Fsp3) is 0.500. The maximum absolute atomic E-state index is 10.3. The highest BCUT2D eigenvalue weighted by molar-refractivity contribution is 7.16. The first-order valence-electron chi connectivity index (χ1n) is 5.65. The van der Waals surface area contributed by atoms with Crippen LogP contribution >= 0.6 is 11.3 Å². The predicted octanol–water partition coefficient (Wildman–Crippen LogP) is 2.65. The van der Waals surface area contributed by atoms with Gasteiger partial charge in [-0.05, 0) is 38.3 Å². The molecule has 0 saturated carbocycles. The number of piperidine rings is 1. The van der Waals surface area contributed by atoms with Crippen molar-refractivity contribution in [3.8, 4) is 0 Å². The number of allylic oxidation sites excluding steroid dienone is 1. The SMILES string of the molecule is Cc1nc(N2CCCCC2)sc1/C=C/C=O. The molecule has 2 rings (SSSR count). The zero-order valence-corrected chi connectivity index (χ0v) is 10.3. The lowest BCUT2D eigenvalue weighted by Crippen LogP contribution is -2.29. The van der Waals surface area contributed by atoms with E-state index in [1.54, 1.807) is 11.3 Å². The van der Waals surface area contributed by atoms with Gasteiger partial charge in [0, 0.05) is 13.1 Å². The van der Waals surface area contributed by atoms with Crippen molar-refractivity contribution in [2.24, 2.45) is 0 Å². The third-order valence-corrected chi connectivity index (χ3v) is 3.96. The van der Waals surface area contributed by atoms with Gasteiger partial charge in [-0.2, -0.15) is 0 Å². The number of aryl methyl sites for hydroxylation is 1. The summed E-state index contributed by atoms with van der Waals surface area (Å²) in [6.45, 7) is 4.22. The van der Waals surface area contributed by atoms with Crippen LogP contribution in [-0.2, 0) is 4.79 Å². The molecule has 1 fully saturated rings. The van der Waals surface area contributed by atoms with E-state index in [9.17, 15) is 4.79 Å². The summed E-state index contributed by atoms with van der Waals surface area (Å²) in [5.41, 5.74) is 1.02. The molecule has 0 radical (unpaired) electrons. The van der Waals surface area contributed by atoms with E-state index >= 15 is 0 Å². The Morgan fingerprint density at radius 3 is 2.75 bits per heavy atom. The molecule has 1 saturated heterocycles. The number of anilines is 1. The summed E-state index contributed by atoms with van der Waals surface area (Å²) >= 11 is 1.68. The lowest BCUT2D eigenvalue weighted by molar-refractivity contribution is -0.104. The molecule has 3 nitrogen and oxygen atoms in total. The van der Waals surface area contributed by atoms with Crippen molar-refractivity contribution in [3.63, 3.8) is 0 Å². The molecule has 16 heavy (non-hydrogen) atoms. The Morgan fingerprint density at radius 2 is 2.06 bits per heavy atom. The lowest BCUT2D eigenvalue weighted by atomic mass is 10.1. The second-order valence-electron chi connectivity index (χ2n) is 3.99. The fourth-order valence-electron chi connectivity index (χ4n) is 1.90. The largest absolute Gasteiger partial charge is 0.348 e. The Balaban J connectivity index is 2.15. The van der Waals surface area contributed by atoms with Crippen LogP contribution in [0.2, 0.25) is 0 Å². The smallest absolute Gasteiger partial charge is 0.186 e. The maximum atomic E-state index is 10.3. The maximum Gasteiger partial charge on any atom is 0.186 e. The molecule has 0 atom stereocenters. The van der Waals surface area contributed by atoms with Crippen LogP contribution in [0.25, 0.3) is 6.08 Å². The van der Waals surface area contributed by atoms with E-state index < -0.39 is 0 Å². The van der Waals surface area contributed by atoms with Crippen molar-refractivity contribution >= 4 is 28.8 Å².